The highest BCUT2D eigenvalue weighted by molar-refractivity contribution is 5.69. The highest BCUT2D eigenvalue weighted by atomic mass is 16.7. The molecule has 0 radical (unpaired) electrons. The number of carbonyl (C=O) groups excluding carboxylic acids is 1. The van der Waals surface area contributed by atoms with Gasteiger partial charge in [0.15, 0.2) is 5.79 Å². The zero-order valence-electron chi connectivity index (χ0n) is 17.7. The average molecular weight is 371 g/mol. The van der Waals surface area contributed by atoms with Crippen molar-refractivity contribution >= 4 is 5.97 Å². The third kappa shape index (κ3) is 12.7. The molecule has 0 N–H and O–H groups in total. The summed E-state index contributed by atoms with van der Waals surface area (Å²) >= 11 is 0. The molecule has 0 aromatic rings. The van der Waals surface area contributed by atoms with Crippen LogP contribution in [0.1, 0.15) is 105 Å². The van der Waals surface area contributed by atoms with Crippen molar-refractivity contribution in [3.05, 3.63) is 0 Å². The molecule has 1 saturated heterocycles. The lowest BCUT2D eigenvalue weighted by molar-refractivity contribution is -0.158. The van der Waals surface area contributed by atoms with E-state index in [1.807, 2.05) is 13.8 Å². The highest BCUT2D eigenvalue weighted by Gasteiger charge is 2.33. The van der Waals surface area contributed by atoms with Crippen molar-refractivity contribution < 1.29 is 19.0 Å². The Bertz CT molecular complexity index is 365. The van der Waals surface area contributed by atoms with Gasteiger partial charge in [-0.05, 0) is 26.2 Å². The summed E-state index contributed by atoms with van der Waals surface area (Å²) in [7, 11) is 0. The molecular weight excluding hydrogens is 328 g/mol. The minimum atomic E-state index is -0.550. The number of hydrogen-bond donors (Lipinski definition) is 0. The van der Waals surface area contributed by atoms with E-state index in [9.17, 15) is 4.79 Å². The SMILES string of the molecule is CC(C)CCCCCCCCCCCCC(=O)OCC1COC(C)(C)O1. The summed E-state index contributed by atoms with van der Waals surface area (Å²) in [6.45, 7) is 9.17. The Kier molecular flexibility index (Phi) is 12.2. The first-order chi connectivity index (χ1) is 12.4. The average Bonchev–Trinajstić information content (AvgIpc) is 2.92. The van der Waals surface area contributed by atoms with Gasteiger partial charge in [-0.25, -0.2) is 0 Å². The monoisotopic (exact) mass is 370 g/mol. The van der Waals surface area contributed by atoms with Gasteiger partial charge in [0.1, 0.15) is 12.7 Å². The number of carbonyl (C=O) groups is 1. The van der Waals surface area contributed by atoms with Gasteiger partial charge in [0, 0.05) is 6.42 Å². The second kappa shape index (κ2) is 13.5. The molecule has 1 fully saturated rings. The molecular formula is C22H42O4. The van der Waals surface area contributed by atoms with Crippen LogP contribution in [0.2, 0.25) is 0 Å². The zero-order chi connectivity index (χ0) is 19.3. The summed E-state index contributed by atoms with van der Waals surface area (Å²) in [4.78, 5) is 11.7. The van der Waals surface area contributed by atoms with Crippen molar-refractivity contribution in [1.29, 1.82) is 0 Å². The molecule has 4 nitrogen and oxygen atoms in total. The van der Waals surface area contributed by atoms with Crippen molar-refractivity contribution in [3.8, 4) is 0 Å². The topological polar surface area (TPSA) is 44.8 Å². The van der Waals surface area contributed by atoms with E-state index >= 15 is 0 Å². The maximum absolute atomic E-state index is 11.7. The number of unbranched alkanes of at least 4 members (excludes halogenated alkanes) is 9. The van der Waals surface area contributed by atoms with Crippen LogP contribution in [-0.4, -0.2) is 31.1 Å². The fourth-order valence-corrected chi connectivity index (χ4v) is 3.34. The fraction of sp³-hybridized carbons (Fsp3) is 0.955. The Morgan fingerprint density at radius 2 is 1.50 bits per heavy atom. The Morgan fingerprint density at radius 1 is 0.962 bits per heavy atom. The molecule has 0 saturated carbocycles. The molecule has 1 unspecified atom stereocenters. The van der Waals surface area contributed by atoms with Crippen LogP contribution in [0, 0.1) is 5.92 Å². The summed E-state index contributed by atoms with van der Waals surface area (Å²) < 4.78 is 16.4. The van der Waals surface area contributed by atoms with Crippen molar-refractivity contribution in [2.75, 3.05) is 13.2 Å². The molecule has 1 atom stereocenters. The lowest BCUT2D eigenvalue weighted by Gasteiger charge is -2.16. The summed E-state index contributed by atoms with van der Waals surface area (Å²) in [6.07, 6.45) is 14.6. The third-order valence-electron chi connectivity index (χ3n) is 4.91. The number of hydrogen-bond acceptors (Lipinski definition) is 4. The van der Waals surface area contributed by atoms with Gasteiger partial charge in [-0.3, -0.25) is 4.79 Å². The Labute approximate surface area is 161 Å². The molecule has 1 rings (SSSR count). The quantitative estimate of drug-likeness (QED) is 0.261. The van der Waals surface area contributed by atoms with Crippen LogP contribution in [0.4, 0.5) is 0 Å². The summed E-state index contributed by atoms with van der Waals surface area (Å²) in [5.41, 5.74) is 0. The molecule has 0 amide bonds. The summed E-state index contributed by atoms with van der Waals surface area (Å²) in [5.74, 6) is 0.190. The van der Waals surface area contributed by atoms with E-state index in [2.05, 4.69) is 13.8 Å². The van der Waals surface area contributed by atoms with E-state index in [-0.39, 0.29) is 12.1 Å². The Hall–Kier alpha value is -0.610. The number of rotatable bonds is 15. The summed E-state index contributed by atoms with van der Waals surface area (Å²) in [5, 5.41) is 0. The van der Waals surface area contributed by atoms with Gasteiger partial charge in [0.2, 0.25) is 0 Å². The van der Waals surface area contributed by atoms with Crippen LogP contribution in [-0.2, 0) is 19.0 Å². The van der Waals surface area contributed by atoms with Crippen molar-refractivity contribution in [2.24, 2.45) is 5.92 Å². The molecule has 0 bridgehead atoms. The molecule has 0 aromatic carbocycles. The molecule has 0 aliphatic carbocycles. The van der Waals surface area contributed by atoms with Crippen LogP contribution >= 0.6 is 0 Å². The third-order valence-corrected chi connectivity index (χ3v) is 4.91. The Balaban J connectivity index is 1.80. The molecule has 0 spiro atoms. The normalized spacial score (nSPS) is 19.2. The van der Waals surface area contributed by atoms with Gasteiger partial charge < -0.3 is 14.2 Å². The fourth-order valence-electron chi connectivity index (χ4n) is 3.34. The van der Waals surface area contributed by atoms with Crippen LogP contribution < -0.4 is 0 Å². The zero-order valence-corrected chi connectivity index (χ0v) is 17.7. The molecule has 0 aromatic heterocycles. The van der Waals surface area contributed by atoms with Gasteiger partial charge in [-0.2, -0.15) is 0 Å². The van der Waals surface area contributed by atoms with Gasteiger partial charge in [0.05, 0.1) is 6.61 Å². The maximum atomic E-state index is 11.7. The first-order valence-electron chi connectivity index (χ1n) is 10.9. The first kappa shape index (κ1) is 23.4. The highest BCUT2D eigenvalue weighted by Crippen LogP contribution is 2.22. The van der Waals surface area contributed by atoms with E-state index < -0.39 is 5.79 Å². The van der Waals surface area contributed by atoms with E-state index in [1.165, 1.54) is 57.8 Å². The van der Waals surface area contributed by atoms with Crippen LogP contribution in [0.5, 0.6) is 0 Å². The molecule has 1 aliphatic heterocycles. The van der Waals surface area contributed by atoms with Gasteiger partial charge in [-0.1, -0.05) is 78.1 Å². The van der Waals surface area contributed by atoms with Crippen molar-refractivity contribution in [1.82, 2.24) is 0 Å². The van der Waals surface area contributed by atoms with Crippen LogP contribution in [0.3, 0.4) is 0 Å². The van der Waals surface area contributed by atoms with Crippen molar-refractivity contribution in [2.45, 2.75) is 117 Å². The number of ether oxygens (including phenoxy) is 3. The minimum Gasteiger partial charge on any atom is -0.463 e. The van der Waals surface area contributed by atoms with Gasteiger partial charge >= 0.3 is 5.97 Å². The van der Waals surface area contributed by atoms with E-state index in [0.717, 1.165) is 18.8 Å². The van der Waals surface area contributed by atoms with Gasteiger partial charge in [-0.15, -0.1) is 0 Å². The van der Waals surface area contributed by atoms with Crippen molar-refractivity contribution in [3.63, 3.8) is 0 Å². The minimum absolute atomic E-state index is 0.111. The second-order valence-corrected chi connectivity index (χ2v) is 8.60. The van der Waals surface area contributed by atoms with Crippen LogP contribution in [0.15, 0.2) is 0 Å². The molecule has 154 valence electrons. The summed E-state index contributed by atoms with van der Waals surface area (Å²) in [6, 6.07) is 0. The lowest BCUT2D eigenvalue weighted by Crippen LogP contribution is -2.25. The van der Waals surface area contributed by atoms with E-state index in [4.69, 9.17) is 14.2 Å². The van der Waals surface area contributed by atoms with E-state index in [1.54, 1.807) is 0 Å². The predicted octanol–water partition coefficient (Wildman–Crippen LogP) is 6.02. The van der Waals surface area contributed by atoms with Gasteiger partial charge in [0.25, 0.3) is 0 Å². The molecule has 1 aliphatic rings. The molecule has 1 heterocycles. The maximum Gasteiger partial charge on any atom is 0.305 e. The standard InChI is InChI=1S/C22H42O4/c1-19(2)15-13-11-9-7-5-6-8-10-12-14-16-21(23)24-17-20-18-25-22(3,4)26-20/h19-20H,5-18H2,1-4H3. The molecule has 4 heteroatoms. The second-order valence-electron chi connectivity index (χ2n) is 8.60. The smallest absolute Gasteiger partial charge is 0.305 e. The number of esters is 1. The van der Waals surface area contributed by atoms with Crippen LogP contribution in [0.25, 0.3) is 0 Å². The van der Waals surface area contributed by atoms with E-state index in [0.29, 0.717) is 19.6 Å². The predicted molar refractivity (Wildman–Crippen MR) is 106 cm³/mol. The lowest BCUT2D eigenvalue weighted by atomic mass is 10.0. The molecule has 26 heavy (non-hydrogen) atoms. The first-order valence-corrected chi connectivity index (χ1v) is 10.9. The Morgan fingerprint density at radius 3 is 2.00 bits per heavy atom. The largest absolute Gasteiger partial charge is 0.463 e.